The predicted molar refractivity (Wildman–Crippen MR) is 70.8 cm³/mol. The lowest BCUT2D eigenvalue weighted by molar-refractivity contribution is -0.134. The zero-order chi connectivity index (χ0) is 12.7. The van der Waals surface area contributed by atoms with Crippen molar-refractivity contribution in [3.05, 3.63) is 0 Å². The summed E-state index contributed by atoms with van der Waals surface area (Å²) in [4.78, 5) is 16.3. The molecule has 0 heterocycles. The highest BCUT2D eigenvalue weighted by Gasteiger charge is 2.24. The molecule has 4 nitrogen and oxygen atoms in total. The maximum Gasteiger partial charge on any atom is 0.236 e. The Hall–Kier alpha value is -0.610. The Kier molecular flexibility index (Phi) is 6.52. The molecule has 1 aliphatic carbocycles. The van der Waals surface area contributed by atoms with Crippen LogP contribution in [0, 0.1) is 0 Å². The summed E-state index contributed by atoms with van der Waals surface area (Å²) in [5, 5.41) is 0. The fraction of sp³-hybridized carbons (Fsp3) is 0.923. The van der Waals surface area contributed by atoms with Gasteiger partial charge in [0, 0.05) is 25.7 Å². The lowest BCUT2D eigenvalue weighted by Crippen LogP contribution is -2.46. The van der Waals surface area contributed by atoms with Crippen molar-refractivity contribution in [1.82, 2.24) is 9.80 Å². The second-order valence-electron chi connectivity index (χ2n) is 5.00. The number of nitrogens with two attached hydrogens (primary N) is 1. The van der Waals surface area contributed by atoms with Crippen molar-refractivity contribution >= 4 is 5.91 Å². The molecule has 0 saturated heterocycles. The number of carbonyl (C=O) groups excluding carboxylic acids is 1. The minimum Gasteiger partial charge on any atom is -0.339 e. The molecule has 1 rings (SSSR count). The third-order valence-electron chi connectivity index (χ3n) is 3.59. The number of hydrogen-bond donors (Lipinski definition) is 1. The van der Waals surface area contributed by atoms with Crippen LogP contribution < -0.4 is 5.73 Å². The molecular formula is C13H27N3O. The first kappa shape index (κ1) is 14.5. The molecule has 1 saturated carbocycles. The summed E-state index contributed by atoms with van der Waals surface area (Å²) in [5.41, 5.74) is 5.49. The summed E-state index contributed by atoms with van der Waals surface area (Å²) in [6, 6.07) is 0.479. The summed E-state index contributed by atoms with van der Waals surface area (Å²) in [5.74, 6) is 0.260. The maximum atomic E-state index is 12.2. The molecular weight excluding hydrogens is 214 g/mol. The van der Waals surface area contributed by atoms with Crippen LogP contribution in [0.4, 0.5) is 0 Å². The van der Waals surface area contributed by atoms with Crippen LogP contribution >= 0.6 is 0 Å². The van der Waals surface area contributed by atoms with E-state index in [0.717, 1.165) is 13.1 Å². The zero-order valence-electron chi connectivity index (χ0n) is 11.3. The molecule has 4 heteroatoms. The molecule has 1 amide bonds. The quantitative estimate of drug-likeness (QED) is 0.756. The third-order valence-corrected chi connectivity index (χ3v) is 3.59. The van der Waals surface area contributed by atoms with Crippen molar-refractivity contribution < 1.29 is 4.79 Å². The maximum absolute atomic E-state index is 12.2. The van der Waals surface area contributed by atoms with E-state index in [-0.39, 0.29) is 5.91 Å². The van der Waals surface area contributed by atoms with E-state index in [1.165, 1.54) is 32.1 Å². The highest BCUT2D eigenvalue weighted by Crippen LogP contribution is 2.22. The summed E-state index contributed by atoms with van der Waals surface area (Å²) < 4.78 is 0. The molecule has 1 aliphatic rings. The second kappa shape index (κ2) is 7.67. The van der Waals surface area contributed by atoms with Crippen molar-refractivity contribution in [1.29, 1.82) is 0 Å². The van der Waals surface area contributed by atoms with Crippen LogP contribution in [-0.2, 0) is 4.79 Å². The number of carbonyl (C=O) groups is 1. The average Bonchev–Trinajstić information content (AvgIpc) is 2.31. The van der Waals surface area contributed by atoms with Gasteiger partial charge in [0.05, 0.1) is 6.54 Å². The van der Waals surface area contributed by atoms with E-state index in [1.807, 2.05) is 11.9 Å². The van der Waals surface area contributed by atoms with E-state index >= 15 is 0 Å². The van der Waals surface area contributed by atoms with Crippen molar-refractivity contribution in [3.63, 3.8) is 0 Å². The zero-order valence-corrected chi connectivity index (χ0v) is 11.3. The third kappa shape index (κ3) is 4.64. The molecule has 0 unspecified atom stereocenters. The Morgan fingerprint density at radius 1 is 1.29 bits per heavy atom. The molecule has 100 valence electrons. The summed E-state index contributed by atoms with van der Waals surface area (Å²) in [6.07, 6.45) is 6.23. The lowest BCUT2D eigenvalue weighted by Gasteiger charge is -2.34. The molecule has 17 heavy (non-hydrogen) atoms. The standard InChI is InChI=1S/C13H27N3O/c1-3-16(12-7-5-4-6-8-12)13(17)11-15(2)10-9-14/h12H,3-11,14H2,1-2H3. The summed E-state index contributed by atoms with van der Waals surface area (Å²) in [6.45, 7) is 4.81. The van der Waals surface area contributed by atoms with Gasteiger partial charge in [-0.3, -0.25) is 9.69 Å². The Labute approximate surface area is 105 Å². The number of likely N-dealkylation sites (N-methyl/N-ethyl adjacent to an activating group) is 2. The molecule has 0 aromatic heterocycles. The van der Waals surface area contributed by atoms with Crippen LogP contribution in [0.15, 0.2) is 0 Å². The number of rotatable bonds is 6. The van der Waals surface area contributed by atoms with Gasteiger partial charge in [-0.15, -0.1) is 0 Å². The van der Waals surface area contributed by atoms with Crippen LogP contribution in [-0.4, -0.2) is 55.0 Å². The van der Waals surface area contributed by atoms with Gasteiger partial charge in [0.25, 0.3) is 0 Å². The van der Waals surface area contributed by atoms with Crippen LogP contribution in [0.2, 0.25) is 0 Å². The molecule has 0 bridgehead atoms. The van der Waals surface area contributed by atoms with E-state index in [9.17, 15) is 4.79 Å². The first-order chi connectivity index (χ1) is 8.19. The molecule has 0 aromatic carbocycles. The second-order valence-corrected chi connectivity index (χ2v) is 5.00. The topological polar surface area (TPSA) is 49.6 Å². The lowest BCUT2D eigenvalue weighted by atomic mass is 9.94. The summed E-state index contributed by atoms with van der Waals surface area (Å²) in [7, 11) is 1.96. The van der Waals surface area contributed by atoms with Crippen molar-refractivity contribution in [2.45, 2.75) is 45.1 Å². The van der Waals surface area contributed by atoms with Crippen LogP contribution in [0.5, 0.6) is 0 Å². The fourth-order valence-corrected chi connectivity index (χ4v) is 2.65. The van der Waals surface area contributed by atoms with Crippen molar-refractivity contribution in [3.8, 4) is 0 Å². The first-order valence-corrected chi connectivity index (χ1v) is 6.87. The van der Waals surface area contributed by atoms with E-state index in [4.69, 9.17) is 5.73 Å². The minimum atomic E-state index is 0.260. The predicted octanol–water partition coefficient (Wildman–Crippen LogP) is 1.06. The number of nitrogens with zero attached hydrogens (tertiary/aromatic N) is 2. The van der Waals surface area contributed by atoms with Gasteiger partial charge in [0.15, 0.2) is 0 Å². The number of amides is 1. The SMILES string of the molecule is CCN(C(=O)CN(C)CCN)C1CCCCC1. The van der Waals surface area contributed by atoms with Gasteiger partial charge in [0.1, 0.15) is 0 Å². The molecule has 0 aliphatic heterocycles. The van der Waals surface area contributed by atoms with E-state index in [0.29, 0.717) is 19.1 Å². The molecule has 2 N–H and O–H groups in total. The van der Waals surface area contributed by atoms with E-state index < -0.39 is 0 Å². The van der Waals surface area contributed by atoms with E-state index in [1.54, 1.807) is 0 Å². The summed E-state index contributed by atoms with van der Waals surface area (Å²) >= 11 is 0. The van der Waals surface area contributed by atoms with Gasteiger partial charge in [-0.05, 0) is 26.8 Å². The van der Waals surface area contributed by atoms with Crippen LogP contribution in [0.25, 0.3) is 0 Å². The Balaban J connectivity index is 2.45. The Morgan fingerprint density at radius 2 is 1.94 bits per heavy atom. The molecule has 0 atom stereocenters. The van der Waals surface area contributed by atoms with Gasteiger partial charge >= 0.3 is 0 Å². The van der Waals surface area contributed by atoms with Gasteiger partial charge in [-0.1, -0.05) is 19.3 Å². The van der Waals surface area contributed by atoms with Gasteiger partial charge in [-0.2, -0.15) is 0 Å². The minimum absolute atomic E-state index is 0.260. The molecule has 0 radical (unpaired) electrons. The molecule has 0 spiro atoms. The van der Waals surface area contributed by atoms with Crippen molar-refractivity contribution in [2.24, 2.45) is 5.73 Å². The normalized spacial score (nSPS) is 17.4. The largest absolute Gasteiger partial charge is 0.339 e. The number of hydrogen-bond acceptors (Lipinski definition) is 3. The van der Waals surface area contributed by atoms with Crippen LogP contribution in [0.1, 0.15) is 39.0 Å². The first-order valence-electron chi connectivity index (χ1n) is 6.87. The van der Waals surface area contributed by atoms with Gasteiger partial charge < -0.3 is 10.6 Å². The van der Waals surface area contributed by atoms with Crippen molar-refractivity contribution in [2.75, 3.05) is 33.2 Å². The molecule has 0 aromatic rings. The highest BCUT2D eigenvalue weighted by atomic mass is 16.2. The monoisotopic (exact) mass is 241 g/mol. The Bertz CT molecular complexity index is 227. The Morgan fingerprint density at radius 3 is 2.47 bits per heavy atom. The average molecular weight is 241 g/mol. The highest BCUT2D eigenvalue weighted by molar-refractivity contribution is 5.78. The van der Waals surface area contributed by atoms with Crippen LogP contribution in [0.3, 0.4) is 0 Å². The molecule has 1 fully saturated rings. The van der Waals surface area contributed by atoms with Gasteiger partial charge in [0.2, 0.25) is 5.91 Å². The smallest absolute Gasteiger partial charge is 0.236 e. The van der Waals surface area contributed by atoms with Gasteiger partial charge in [-0.25, -0.2) is 0 Å². The van der Waals surface area contributed by atoms with E-state index in [2.05, 4.69) is 11.8 Å². The fourth-order valence-electron chi connectivity index (χ4n) is 2.65.